The Morgan fingerprint density at radius 3 is 2.43 bits per heavy atom. The van der Waals surface area contributed by atoms with Crippen molar-refractivity contribution in [2.45, 2.75) is 46.2 Å². The Labute approximate surface area is 359 Å². The van der Waals surface area contributed by atoms with Gasteiger partial charge in [0.05, 0.1) is 37.1 Å². The average Bonchev–Trinajstić information content (AvgIpc) is 3.78. The van der Waals surface area contributed by atoms with Gasteiger partial charge in [-0.25, -0.2) is 9.18 Å². The first kappa shape index (κ1) is 41.7. The van der Waals surface area contributed by atoms with Crippen LogP contribution in [0, 0.1) is 19.7 Å². The molecule has 61 heavy (non-hydrogen) atoms. The first-order valence-corrected chi connectivity index (χ1v) is 21.2. The third kappa shape index (κ3) is 9.05. The van der Waals surface area contributed by atoms with E-state index in [1.54, 1.807) is 0 Å². The van der Waals surface area contributed by atoms with Crippen LogP contribution in [0.25, 0.3) is 32.9 Å². The number of carbonyl (C=O) groups is 2. The minimum atomic E-state index is -0.953. The minimum Gasteiger partial charge on any atom is -0.494 e. The van der Waals surface area contributed by atoms with E-state index in [2.05, 4.69) is 62.4 Å². The van der Waals surface area contributed by atoms with E-state index in [1.165, 1.54) is 12.3 Å². The van der Waals surface area contributed by atoms with Gasteiger partial charge in [-0.3, -0.25) is 14.7 Å². The molecule has 7 aromatic rings. The number of aromatic nitrogens is 3. The number of halogens is 2. The van der Waals surface area contributed by atoms with Gasteiger partial charge in [0.1, 0.15) is 11.4 Å². The summed E-state index contributed by atoms with van der Waals surface area (Å²) in [4.78, 5) is 32.2. The molecule has 1 amide bonds. The maximum Gasteiger partial charge on any atom is 0.352 e. The Bertz CT molecular complexity index is 2700. The lowest BCUT2D eigenvalue weighted by atomic mass is 9.96. The third-order valence-corrected chi connectivity index (χ3v) is 12.2. The number of carboxylic acids is 1. The summed E-state index contributed by atoms with van der Waals surface area (Å²) in [6, 6.07) is 27.9. The SMILES string of the molecule is Cc1cc(OCCCc2c(C(=O)O)n(CCN3CCOCC3)c3c(-c4ccccc4Cn4cc(CCNC(=O)c5ccncc5F)c5ccccc54)cccc23)cc(C)c1Cl. The number of pyridine rings is 1. The maximum atomic E-state index is 14.2. The number of carbonyl (C=O) groups excluding carboxylic acids is 1. The van der Waals surface area contributed by atoms with Crippen LogP contribution in [0.5, 0.6) is 5.75 Å². The quantitative estimate of drug-likeness (QED) is 0.0935. The highest BCUT2D eigenvalue weighted by Crippen LogP contribution is 2.38. The molecule has 1 aliphatic heterocycles. The fraction of sp³-hybridized carbons (Fsp3) is 0.286. The van der Waals surface area contributed by atoms with Crippen molar-refractivity contribution < 1.29 is 28.6 Å². The highest BCUT2D eigenvalue weighted by molar-refractivity contribution is 6.32. The molecule has 0 spiro atoms. The van der Waals surface area contributed by atoms with E-state index in [0.717, 1.165) is 90.8 Å². The average molecular weight is 842 g/mol. The number of amides is 1. The first-order valence-electron chi connectivity index (χ1n) is 20.8. The molecule has 10 nitrogen and oxygen atoms in total. The highest BCUT2D eigenvalue weighted by Gasteiger charge is 2.26. The summed E-state index contributed by atoms with van der Waals surface area (Å²) in [5, 5.41) is 16.5. The largest absolute Gasteiger partial charge is 0.494 e. The van der Waals surface area contributed by atoms with Crippen LogP contribution in [0.2, 0.25) is 5.02 Å². The van der Waals surface area contributed by atoms with Crippen LogP contribution in [0.15, 0.2) is 104 Å². The second-order valence-electron chi connectivity index (χ2n) is 15.6. The van der Waals surface area contributed by atoms with Gasteiger partial charge in [0.15, 0.2) is 5.82 Å². The molecule has 4 aromatic carbocycles. The Morgan fingerprint density at radius 2 is 1.64 bits per heavy atom. The number of fused-ring (bicyclic) bond motifs is 2. The van der Waals surface area contributed by atoms with Gasteiger partial charge in [-0.05, 0) is 90.8 Å². The number of rotatable bonds is 16. The molecule has 2 N–H and O–H groups in total. The van der Waals surface area contributed by atoms with Crippen LogP contribution < -0.4 is 10.1 Å². The second-order valence-corrected chi connectivity index (χ2v) is 16.0. The molecule has 0 saturated carbocycles. The van der Waals surface area contributed by atoms with Crippen LogP contribution >= 0.6 is 11.6 Å². The summed E-state index contributed by atoms with van der Waals surface area (Å²) >= 11 is 6.40. The molecule has 0 unspecified atom stereocenters. The predicted octanol–water partition coefficient (Wildman–Crippen LogP) is 9.13. The lowest BCUT2D eigenvalue weighted by molar-refractivity contribution is 0.0362. The van der Waals surface area contributed by atoms with Crippen molar-refractivity contribution in [3.8, 4) is 16.9 Å². The number of carboxylic acid groups (broad SMARTS) is 1. The van der Waals surface area contributed by atoms with Gasteiger partial charge >= 0.3 is 5.97 Å². The summed E-state index contributed by atoms with van der Waals surface area (Å²) in [5.41, 5.74) is 9.05. The van der Waals surface area contributed by atoms with E-state index in [-0.39, 0.29) is 5.56 Å². The van der Waals surface area contributed by atoms with Gasteiger partial charge < -0.3 is 29.0 Å². The van der Waals surface area contributed by atoms with E-state index < -0.39 is 17.7 Å². The lowest BCUT2D eigenvalue weighted by Crippen LogP contribution is -2.38. The van der Waals surface area contributed by atoms with Crippen LogP contribution in [0.4, 0.5) is 4.39 Å². The molecular formula is C49H49ClFN5O5. The van der Waals surface area contributed by atoms with Crippen LogP contribution in [-0.4, -0.2) is 82.0 Å². The number of morpholine rings is 1. The second kappa shape index (κ2) is 18.7. The van der Waals surface area contributed by atoms with Crippen molar-refractivity contribution in [1.29, 1.82) is 0 Å². The molecule has 1 fully saturated rings. The number of aryl methyl sites for hydroxylation is 3. The summed E-state index contributed by atoms with van der Waals surface area (Å²) in [6.45, 7) is 9.33. The molecule has 8 rings (SSSR count). The van der Waals surface area contributed by atoms with E-state index in [0.29, 0.717) is 71.0 Å². The molecule has 0 aliphatic carbocycles. The number of nitrogens with zero attached hydrogens (tertiary/aromatic N) is 4. The molecule has 3 aromatic heterocycles. The molecule has 1 aliphatic rings. The van der Waals surface area contributed by atoms with Gasteiger partial charge in [-0.1, -0.05) is 72.3 Å². The summed E-state index contributed by atoms with van der Waals surface area (Å²) < 4.78 is 30.3. The fourth-order valence-corrected chi connectivity index (χ4v) is 8.75. The Hall–Kier alpha value is -6.01. The van der Waals surface area contributed by atoms with Crippen molar-refractivity contribution in [1.82, 2.24) is 24.3 Å². The maximum absolute atomic E-state index is 14.2. The normalized spacial score (nSPS) is 13.2. The number of hydrogen-bond donors (Lipinski definition) is 2. The van der Waals surface area contributed by atoms with Gasteiger partial charge in [-0.15, -0.1) is 0 Å². The molecule has 0 bridgehead atoms. The third-order valence-electron chi connectivity index (χ3n) is 11.6. The summed E-state index contributed by atoms with van der Waals surface area (Å²) in [5.74, 6) is -1.34. The van der Waals surface area contributed by atoms with Crippen molar-refractivity contribution in [2.75, 3.05) is 46.0 Å². The Kier molecular flexibility index (Phi) is 12.8. The van der Waals surface area contributed by atoms with Crippen LogP contribution in [0.3, 0.4) is 0 Å². The highest BCUT2D eigenvalue weighted by atomic mass is 35.5. The number of nitrogens with one attached hydrogen (secondary N) is 1. The molecule has 314 valence electrons. The smallest absolute Gasteiger partial charge is 0.352 e. The number of para-hydroxylation sites is 2. The minimum absolute atomic E-state index is 0.0350. The van der Waals surface area contributed by atoms with Crippen molar-refractivity contribution in [2.24, 2.45) is 0 Å². The lowest BCUT2D eigenvalue weighted by Gasteiger charge is -2.27. The molecule has 4 heterocycles. The Balaban J connectivity index is 1.12. The van der Waals surface area contributed by atoms with Crippen LogP contribution in [-0.2, 0) is 30.7 Å². The summed E-state index contributed by atoms with van der Waals surface area (Å²) in [6.07, 6.45) is 6.26. The predicted molar refractivity (Wildman–Crippen MR) is 238 cm³/mol. The molecule has 1 saturated heterocycles. The van der Waals surface area contributed by atoms with Crippen molar-refractivity contribution in [3.63, 3.8) is 0 Å². The van der Waals surface area contributed by atoms with Gasteiger partial charge in [0.25, 0.3) is 5.91 Å². The van der Waals surface area contributed by atoms with E-state index in [1.807, 2.05) is 60.9 Å². The molecular weight excluding hydrogens is 793 g/mol. The topological polar surface area (TPSA) is 111 Å². The molecule has 0 atom stereocenters. The first-order chi connectivity index (χ1) is 29.7. The number of benzene rings is 4. The standard InChI is InChI=1S/C49H49ClFN5O5/c1-32-27-36(28-33(2)45(32)50)61-24-8-14-41-40-13-7-12-39(46(40)56(47(41)49(58)59)21-20-54-22-25-60-26-23-54)37-10-4-3-9-34(37)30-55-31-35(38-11-5-6-15-44(38)55)16-19-53-48(57)42-17-18-52-29-43(42)51/h3-7,9-13,15,17-18,27-29,31H,8,14,16,19-26,30H2,1-2H3,(H,53,57)(H,58,59). The molecule has 0 radical (unpaired) electrons. The number of ether oxygens (including phenoxy) is 2. The van der Waals surface area contributed by atoms with Crippen molar-refractivity contribution in [3.05, 3.63) is 153 Å². The van der Waals surface area contributed by atoms with Gasteiger partial charge in [0, 0.05) is 78.5 Å². The Morgan fingerprint density at radius 1 is 0.902 bits per heavy atom. The van der Waals surface area contributed by atoms with E-state index in [4.69, 9.17) is 21.1 Å². The zero-order valence-electron chi connectivity index (χ0n) is 34.4. The molecule has 12 heteroatoms. The van der Waals surface area contributed by atoms with Crippen molar-refractivity contribution >= 4 is 45.3 Å². The number of hydrogen-bond acceptors (Lipinski definition) is 6. The van der Waals surface area contributed by atoms with E-state index in [9.17, 15) is 19.1 Å². The zero-order chi connectivity index (χ0) is 42.5. The fourth-order valence-electron chi connectivity index (χ4n) is 8.64. The monoisotopic (exact) mass is 841 g/mol. The number of aromatic carboxylic acids is 1. The summed E-state index contributed by atoms with van der Waals surface area (Å²) in [7, 11) is 0. The van der Waals surface area contributed by atoms with E-state index >= 15 is 0 Å². The van der Waals surface area contributed by atoms with Crippen LogP contribution in [0.1, 0.15) is 55.1 Å². The zero-order valence-corrected chi connectivity index (χ0v) is 35.2. The van der Waals surface area contributed by atoms with Gasteiger partial charge in [-0.2, -0.15) is 0 Å². The van der Waals surface area contributed by atoms with Gasteiger partial charge in [0.2, 0.25) is 0 Å².